The predicted octanol–water partition coefficient (Wildman–Crippen LogP) is 2.06. The largest absolute Gasteiger partial charge is 0.490 e. The SMILES string of the molecule is CCCOc1cccnc1N(C)CC1CCCN1. The number of nitrogens with zero attached hydrogens (tertiary/aromatic N) is 2. The van der Waals surface area contributed by atoms with Gasteiger partial charge < -0.3 is 15.0 Å². The quantitative estimate of drug-likeness (QED) is 0.837. The molecule has 1 aliphatic heterocycles. The zero-order valence-electron chi connectivity index (χ0n) is 11.4. The number of aromatic nitrogens is 1. The van der Waals surface area contributed by atoms with E-state index >= 15 is 0 Å². The molecule has 1 N–H and O–H groups in total. The highest BCUT2D eigenvalue weighted by molar-refractivity contribution is 5.51. The van der Waals surface area contributed by atoms with E-state index in [1.807, 2.05) is 18.3 Å². The van der Waals surface area contributed by atoms with Crippen LogP contribution in [0, 0.1) is 0 Å². The Morgan fingerprint density at radius 3 is 3.17 bits per heavy atom. The second kappa shape index (κ2) is 6.59. The lowest BCUT2D eigenvalue weighted by Gasteiger charge is -2.24. The Balaban J connectivity index is 2.00. The van der Waals surface area contributed by atoms with Crippen molar-refractivity contribution in [1.82, 2.24) is 10.3 Å². The van der Waals surface area contributed by atoms with Gasteiger partial charge in [0.25, 0.3) is 0 Å². The van der Waals surface area contributed by atoms with Crippen molar-refractivity contribution in [2.45, 2.75) is 32.2 Å². The van der Waals surface area contributed by atoms with E-state index < -0.39 is 0 Å². The van der Waals surface area contributed by atoms with Crippen molar-refractivity contribution in [2.75, 3.05) is 31.6 Å². The molecule has 0 bridgehead atoms. The first kappa shape index (κ1) is 13.1. The van der Waals surface area contributed by atoms with E-state index in [4.69, 9.17) is 4.74 Å². The maximum absolute atomic E-state index is 5.75. The van der Waals surface area contributed by atoms with Crippen LogP contribution in [0.5, 0.6) is 5.75 Å². The lowest BCUT2D eigenvalue weighted by atomic mass is 10.2. The molecule has 0 aliphatic carbocycles. The van der Waals surface area contributed by atoms with Gasteiger partial charge in [0.05, 0.1) is 6.61 Å². The van der Waals surface area contributed by atoms with Crippen molar-refractivity contribution >= 4 is 5.82 Å². The summed E-state index contributed by atoms with van der Waals surface area (Å²) in [5, 5.41) is 3.51. The third kappa shape index (κ3) is 3.35. The highest BCUT2D eigenvalue weighted by atomic mass is 16.5. The van der Waals surface area contributed by atoms with Gasteiger partial charge in [-0.1, -0.05) is 6.92 Å². The van der Waals surface area contributed by atoms with Crippen LogP contribution in [0.4, 0.5) is 5.82 Å². The van der Waals surface area contributed by atoms with Crippen LogP contribution in [-0.2, 0) is 0 Å². The molecule has 0 amide bonds. The van der Waals surface area contributed by atoms with E-state index in [1.165, 1.54) is 12.8 Å². The fraction of sp³-hybridized carbons (Fsp3) is 0.643. The van der Waals surface area contributed by atoms with Gasteiger partial charge in [0.2, 0.25) is 0 Å². The van der Waals surface area contributed by atoms with E-state index in [1.54, 1.807) is 0 Å². The summed E-state index contributed by atoms with van der Waals surface area (Å²) in [5.74, 6) is 1.83. The number of nitrogens with one attached hydrogen (secondary N) is 1. The number of hydrogen-bond donors (Lipinski definition) is 1. The van der Waals surface area contributed by atoms with Gasteiger partial charge in [0.1, 0.15) is 0 Å². The molecule has 1 aliphatic rings. The molecule has 4 heteroatoms. The highest BCUT2D eigenvalue weighted by Gasteiger charge is 2.18. The average molecular weight is 249 g/mol. The van der Waals surface area contributed by atoms with Crippen LogP contribution in [-0.4, -0.2) is 37.8 Å². The third-order valence-corrected chi connectivity index (χ3v) is 3.23. The number of pyridine rings is 1. The fourth-order valence-electron chi connectivity index (χ4n) is 2.32. The zero-order chi connectivity index (χ0) is 12.8. The summed E-state index contributed by atoms with van der Waals surface area (Å²) in [6, 6.07) is 4.50. The maximum atomic E-state index is 5.75. The minimum Gasteiger partial charge on any atom is -0.490 e. The van der Waals surface area contributed by atoms with Crippen LogP contribution < -0.4 is 15.0 Å². The lowest BCUT2D eigenvalue weighted by molar-refractivity contribution is 0.316. The molecule has 0 aromatic carbocycles. The van der Waals surface area contributed by atoms with Crippen molar-refractivity contribution in [2.24, 2.45) is 0 Å². The van der Waals surface area contributed by atoms with Gasteiger partial charge in [0, 0.05) is 25.8 Å². The smallest absolute Gasteiger partial charge is 0.171 e. The maximum Gasteiger partial charge on any atom is 0.171 e. The van der Waals surface area contributed by atoms with E-state index in [2.05, 4.69) is 29.2 Å². The van der Waals surface area contributed by atoms with Gasteiger partial charge >= 0.3 is 0 Å². The Hall–Kier alpha value is -1.29. The molecule has 18 heavy (non-hydrogen) atoms. The van der Waals surface area contributed by atoms with Crippen LogP contribution in [0.1, 0.15) is 26.2 Å². The molecule has 0 spiro atoms. The molecular weight excluding hydrogens is 226 g/mol. The fourth-order valence-corrected chi connectivity index (χ4v) is 2.32. The minimum atomic E-state index is 0.580. The van der Waals surface area contributed by atoms with Gasteiger partial charge in [-0.25, -0.2) is 4.98 Å². The molecule has 2 rings (SSSR count). The first-order valence-electron chi connectivity index (χ1n) is 6.83. The molecule has 1 atom stereocenters. The monoisotopic (exact) mass is 249 g/mol. The molecular formula is C14H23N3O. The Morgan fingerprint density at radius 2 is 2.44 bits per heavy atom. The topological polar surface area (TPSA) is 37.4 Å². The van der Waals surface area contributed by atoms with E-state index in [0.29, 0.717) is 6.04 Å². The van der Waals surface area contributed by atoms with E-state index in [0.717, 1.165) is 37.7 Å². The van der Waals surface area contributed by atoms with Gasteiger partial charge in [0.15, 0.2) is 11.6 Å². The first-order valence-corrected chi connectivity index (χ1v) is 6.83. The number of likely N-dealkylation sites (N-methyl/N-ethyl adjacent to an activating group) is 1. The minimum absolute atomic E-state index is 0.580. The van der Waals surface area contributed by atoms with E-state index in [-0.39, 0.29) is 0 Å². The van der Waals surface area contributed by atoms with Crippen molar-refractivity contribution in [3.63, 3.8) is 0 Å². The Labute approximate surface area is 109 Å². The van der Waals surface area contributed by atoms with Crippen molar-refractivity contribution < 1.29 is 4.74 Å². The van der Waals surface area contributed by atoms with Gasteiger partial charge in [-0.15, -0.1) is 0 Å². The van der Waals surface area contributed by atoms with Gasteiger partial charge in [-0.2, -0.15) is 0 Å². The second-order valence-corrected chi connectivity index (χ2v) is 4.85. The standard InChI is InChI=1S/C14H23N3O/c1-3-10-18-13-7-5-9-16-14(13)17(2)11-12-6-4-8-15-12/h5,7,9,12,15H,3-4,6,8,10-11H2,1-2H3. The highest BCUT2D eigenvalue weighted by Crippen LogP contribution is 2.25. The zero-order valence-corrected chi connectivity index (χ0v) is 11.4. The predicted molar refractivity (Wildman–Crippen MR) is 74.3 cm³/mol. The Bertz CT molecular complexity index is 364. The molecule has 100 valence electrons. The number of anilines is 1. The van der Waals surface area contributed by atoms with Crippen LogP contribution in [0.15, 0.2) is 18.3 Å². The van der Waals surface area contributed by atoms with Gasteiger partial charge in [-0.05, 0) is 37.9 Å². The third-order valence-electron chi connectivity index (χ3n) is 3.23. The number of hydrogen-bond acceptors (Lipinski definition) is 4. The van der Waals surface area contributed by atoms with Crippen molar-refractivity contribution in [3.8, 4) is 5.75 Å². The molecule has 2 heterocycles. The summed E-state index contributed by atoms with van der Waals surface area (Å²) in [6.07, 6.45) is 5.37. The molecule has 1 aromatic rings. The number of rotatable bonds is 6. The Morgan fingerprint density at radius 1 is 1.56 bits per heavy atom. The van der Waals surface area contributed by atoms with Crippen molar-refractivity contribution in [3.05, 3.63) is 18.3 Å². The van der Waals surface area contributed by atoms with Gasteiger partial charge in [-0.3, -0.25) is 0 Å². The molecule has 1 saturated heterocycles. The summed E-state index contributed by atoms with van der Waals surface area (Å²) in [7, 11) is 2.08. The lowest BCUT2D eigenvalue weighted by Crippen LogP contribution is -2.35. The first-order chi connectivity index (χ1) is 8.81. The summed E-state index contributed by atoms with van der Waals surface area (Å²) in [6.45, 7) is 4.98. The number of ether oxygens (including phenoxy) is 1. The van der Waals surface area contributed by atoms with Crippen LogP contribution in [0.3, 0.4) is 0 Å². The summed E-state index contributed by atoms with van der Waals surface area (Å²) in [5.41, 5.74) is 0. The molecule has 1 fully saturated rings. The van der Waals surface area contributed by atoms with Crippen LogP contribution in [0.25, 0.3) is 0 Å². The van der Waals surface area contributed by atoms with Crippen LogP contribution in [0.2, 0.25) is 0 Å². The van der Waals surface area contributed by atoms with Crippen LogP contribution >= 0.6 is 0 Å². The molecule has 0 radical (unpaired) electrons. The molecule has 1 aromatic heterocycles. The average Bonchev–Trinajstić information content (AvgIpc) is 2.89. The molecule has 4 nitrogen and oxygen atoms in total. The van der Waals surface area contributed by atoms with Crippen molar-refractivity contribution in [1.29, 1.82) is 0 Å². The molecule has 1 unspecified atom stereocenters. The second-order valence-electron chi connectivity index (χ2n) is 4.85. The normalized spacial score (nSPS) is 18.9. The summed E-state index contributed by atoms with van der Waals surface area (Å²) in [4.78, 5) is 6.64. The molecule has 0 saturated carbocycles. The Kier molecular flexibility index (Phi) is 4.81. The summed E-state index contributed by atoms with van der Waals surface area (Å²) >= 11 is 0. The van der Waals surface area contributed by atoms with E-state index in [9.17, 15) is 0 Å². The summed E-state index contributed by atoms with van der Waals surface area (Å²) < 4.78 is 5.75.